The predicted molar refractivity (Wildman–Crippen MR) is 53.7 cm³/mol. The Hall–Kier alpha value is -0.130. The second-order valence-corrected chi connectivity index (χ2v) is 6.85. The van der Waals surface area contributed by atoms with Gasteiger partial charge in [-0.1, -0.05) is 0 Å². The third kappa shape index (κ3) is 1.81. The molecule has 2 fully saturated rings. The van der Waals surface area contributed by atoms with Gasteiger partial charge in [0.2, 0.25) is 0 Å². The zero-order valence-electron chi connectivity index (χ0n) is 8.31. The van der Waals surface area contributed by atoms with Crippen molar-refractivity contribution in [1.82, 2.24) is 5.32 Å². The summed E-state index contributed by atoms with van der Waals surface area (Å²) < 4.78 is 22.8. The first-order chi connectivity index (χ1) is 6.48. The number of aliphatic hydroxyl groups excluding tert-OH is 1. The lowest BCUT2D eigenvalue weighted by molar-refractivity contribution is 0.0903. The van der Waals surface area contributed by atoms with Crippen LogP contribution in [0.2, 0.25) is 0 Å². The number of nitrogens with one attached hydrogen (secondary N) is 1. The average Bonchev–Trinajstić information content (AvgIpc) is 2.47. The van der Waals surface area contributed by atoms with E-state index < -0.39 is 21.2 Å². The highest BCUT2D eigenvalue weighted by molar-refractivity contribution is 7.91. The maximum absolute atomic E-state index is 11.4. The van der Waals surface area contributed by atoms with Crippen molar-refractivity contribution in [1.29, 1.82) is 0 Å². The summed E-state index contributed by atoms with van der Waals surface area (Å²) in [7, 11) is -3.09. The van der Waals surface area contributed by atoms with Crippen molar-refractivity contribution in [2.45, 2.75) is 24.2 Å². The van der Waals surface area contributed by atoms with E-state index in [0.29, 0.717) is 24.7 Å². The standard InChI is InChI=1S/C9H17NO3S/c1-14(12,13)9-3-7-5-10-4-6(7)2-8(9)11/h6-11H,2-5H2,1H3. The maximum Gasteiger partial charge on any atom is 0.152 e. The molecule has 2 rings (SSSR count). The van der Waals surface area contributed by atoms with Crippen LogP contribution in [0.5, 0.6) is 0 Å². The molecule has 82 valence electrons. The lowest BCUT2D eigenvalue weighted by atomic mass is 9.80. The van der Waals surface area contributed by atoms with Crippen LogP contribution in [0.15, 0.2) is 0 Å². The first-order valence-electron chi connectivity index (χ1n) is 5.06. The summed E-state index contributed by atoms with van der Waals surface area (Å²) >= 11 is 0. The van der Waals surface area contributed by atoms with Crippen LogP contribution in [0.25, 0.3) is 0 Å². The van der Waals surface area contributed by atoms with Crippen LogP contribution < -0.4 is 5.32 Å². The molecule has 1 heterocycles. The van der Waals surface area contributed by atoms with E-state index in [9.17, 15) is 13.5 Å². The Morgan fingerprint density at radius 2 is 1.79 bits per heavy atom. The lowest BCUT2D eigenvalue weighted by Crippen LogP contribution is -2.42. The molecule has 4 atom stereocenters. The fourth-order valence-corrected chi connectivity index (χ4v) is 4.00. The van der Waals surface area contributed by atoms with Gasteiger partial charge in [0.1, 0.15) is 0 Å². The monoisotopic (exact) mass is 219 g/mol. The summed E-state index contributed by atoms with van der Waals surface area (Å²) in [5, 5.41) is 12.5. The molecule has 1 aliphatic heterocycles. The van der Waals surface area contributed by atoms with Gasteiger partial charge in [-0.2, -0.15) is 0 Å². The zero-order valence-corrected chi connectivity index (χ0v) is 9.13. The molecule has 0 radical (unpaired) electrons. The molecule has 1 aliphatic carbocycles. The quantitative estimate of drug-likeness (QED) is 0.617. The van der Waals surface area contributed by atoms with E-state index in [0.717, 1.165) is 13.1 Å². The van der Waals surface area contributed by atoms with Gasteiger partial charge in [-0.15, -0.1) is 0 Å². The van der Waals surface area contributed by atoms with Crippen LogP contribution in [0.4, 0.5) is 0 Å². The molecule has 0 aromatic heterocycles. The van der Waals surface area contributed by atoms with Crippen molar-refractivity contribution in [3.8, 4) is 0 Å². The molecule has 4 unspecified atom stereocenters. The molecule has 0 spiro atoms. The second kappa shape index (κ2) is 3.47. The van der Waals surface area contributed by atoms with Gasteiger partial charge in [0.15, 0.2) is 9.84 Å². The Labute approximate surface area is 84.6 Å². The van der Waals surface area contributed by atoms with Crippen LogP contribution in [-0.2, 0) is 9.84 Å². The Bertz CT molecular complexity index is 314. The highest BCUT2D eigenvalue weighted by atomic mass is 32.2. The first kappa shape index (κ1) is 10.4. The van der Waals surface area contributed by atoms with Gasteiger partial charge in [0.05, 0.1) is 11.4 Å². The number of hydrogen-bond donors (Lipinski definition) is 2. The molecule has 5 heteroatoms. The Morgan fingerprint density at radius 3 is 2.36 bits per heavy atom. The van der Waals surface area contributed by atoms with Gasteiger partial charge < -0.3 is 10.4 Å². The fraction of sp³-hybridized carbons (Fsp3) is 1.00. The van der Waals surface area contributed by atoms with E-state index in [2.05, 4.69) is 5.32 Å². The van der Waals surface area contributed by atoms with Gasteiger partial charge >= 0.3 is 0 Å². The van der Waals surface area contributed by atoms with Crippen LogP contribution in [0.3, 0.4) is 0 Å². The van der Waals surface area contributed by atoms with Crippen molar-refractivity contribution in [2.24, 2.45) is 11.8 Å². The van der Waals surface area contributed by atoms with Gasteiger partial charge in [0.25, 0.3) is 0 Å². The molecule has 0 aromatic rings. The third-order valence-electron chi connectivity index (χ3n) is 3.54. The highest BCUT2D eigenvalue weighted by Gasteiger charge is 2.42. The molecule has 0 bridgehead atoms. The SMILES string of the molecule is CS(=O)(=O)C1CC2CNCC2CC1O. The number of rotatable bonds is 1. The third-order valence-corrected chi connectivity index (χ3v) is 5.14. The minimum absolute atomic E-state index is 0.443. The van der Waals surface area contributed by atoms with Gasteiger partial charge in [0, 0.05) is 6.26 Å². The Morgan fingerprint density at radius 1 is 1.21 bits per heavy atom. The Balaban J connectivity index is 2.14. The molecule has 14 heavy (non-hydrogen) atoms. The molecule has 4 nitrogen and oxygen atoms in total. The van der Waals surface area contributed by atoms with E-state index in [1.54, 1.807) is 0 Å². The van der Waals surface area contributed by atoms with Crippen LogP contribution in [-0.4, -0.2) is 44.2 Å². The minimum Gasteiger partial charge on any atom is -0.392 e. The number of fused-ring (bicyclic) bond motifs is 1. The summed E-state index contributed by atoms with van der Waals surface area (Å²) in [5.41, 5.74) is 0. The zero-order chi connectivity index (χ0) is 10.3. The van der Waals surface area contributed by atoms with E-state index in [1.807, 2.05) is 0 Å². The van der Waals surface area contributed by atoms with Crippen molar-refractivity contribution in [3.63, 3.8) is 0 Å². The van der Waals surface area contributed by atoms with Crippen molar-refractivity contribution in [3.05, 3.63) is 0 Å². The molecule has 2 N–H and O–H groups in total. The second-order valence-electron chi connectivity index (χ2n) is 4.59. The summed E-state index contributed by atoms with van der Waals surface area (Å²) in [6.07, 6.45) is 1.82. The van der Waals surface area contributed by atoms with Crippen molar-refractivity contribution < 1.29 is 13.5 Å². The van der Waals surface area contributed by atoms with E-state index in [-0.39, 0.29) is 0 Å². The molecule has 1 saturated heterocycles. The van der Waals surface area contributed by atoms with Crippen molar-refractivity contribution >= 4 is 9.84 Å². The molecular formula is C9H17NO3S. The highest BCUT2D eigenvalue weighted by Crippen LogP contribution is 2.35. The molecule has 1 saturated carbocycles. The normalized spacial score (nSPS) is 43.6. The predicted octanol–water partition coefficient (Wildman–Crippen LogP) is -0.610. The topological polar surface area (TPSA) is 66.4 Å². The van der Waals surface area contributed by atoms with Gasteiger partial charge in [-0.05, 0) is 37.8 Å². The van der Waals surface area contributed by atoms with E-state index >= 15 is 0 Å². The smallest absolute Gasteiger partial charge is 0.152 e. The molecule has 2 aliphatic rings. The fourth-order valence-electron chi connectivity index (χ4n) is 2.72. The minimum atomic E-state index is -3.09. The first-order valence-corrected chi connectivity index (χ1v) is 7.01. The number of sulfone groups is 1. The maximum atomic E-state index is 11.4. The average molecular weight is 219 g/mol. The number of hydrogen-bond acceptors (Lipinski definition) is 4. The molecular weight excluding hydrogens is 202 g/mol. The Kier molecular flexibility index (Phi) is 2.57. The van der Waals surface area contributed by atoms with Gasteiger partial charge in [-0.3, -0.25) is 0 Å². The van der Waals surface area contributed by atoms with Gasteiger partial charge in [-0.25, -0.2) is 8.42 Å². The lowest BCUT2D eigenvalue weighted by Gasteiger charge is -2.34. The van der Waals surface area contributed by atoms with E-state index in [4.69, 9.17) is 0 Å². The summed E-state index contributed by atoms with van der Waals surface area (Å²) in [5.74, 6) is 0.918. The number of aliphatic hydroxyl groups is 1. The molecule has 0 aromatic carbocycles. The van der Waals surface area contributed by atoms with Crippen LogP contribution in [0.1, 0.15) is 12.8 Å². The van der Waals surface area contributed by atoms with Crippen LogP contribution in [0, 0.1) is 11.8 Å². The van der Waals surface area contributed by atoms with E-state index in [1.165, 1.54) is 6.26 Å². The van der Waals surface area contributed by atoms with Crippen LogP contribution >= 0.6 is 0 Å². The van der Waals surface area contributed by atoms with Crippen molar-refractivity contribution in [2.75, 3.05) is 19.3 Å². The summed E-state index contributed by atoms with van der Waals surface area (Å²) in [4.78, 5) is 0. The summed E-state index contributed by atoms with van der Waals surface area (Å²) in [6, 6.07) is 0. The largest absolute Gasteiger partial charge is 0.392 e. The summed E-state index contributed by atoms with van der Waals surface area (Å²) in [6.45, 7) is 1.83. The molecule has 0 amide bonds.